The third kappa shape index (κ3) is 4.05. The predicted octanol–water partition coefficient (Wildman–Crippen LogP) is 4.09. The first-order valence-corrected chi connectivity index (χ1v) is 11.9. The molecule has 0 amide bonds. The van der Waals surface area contributed by atoms with Crippen LogP contribution in [0.5, 0.6) is 0 Å². The topological polar surface area (TPSA) is 66.4 Å². The van der Waals surface area contributed by atoms with Gasteiger partial charge in [-0.1, -0.05) is 42.5 Å². The number of aromatic nitrogens is 2. The van der Waals surface area contributed by atoms with Crippen LogP contribution in [0.25, 0.3) is 22.0 Å². The number of sulfonamides is 1. The van der Waals surface area contributed by atoms with E-state index in [0.29, 0.717) is 25.0 Å². The number of hydrogen-bond donors (Lipinski definition) is 0. The molecule has 5 rings (SSSR count). The van der Waals surface area contributed by atoms with Crippen LogP contribution in [0.3, 0.4) is 0 Å². The average Bonchev–Trinajstić information content (AvgIpc) is 2.84. The normalized spacial score (nSPS) is 15.2. The molecule has 6 nitrogen and oxygen atoms in total. The van der Waals surface area contributed by atoms with Crippen LogP contribution >= 0.6 is 0 Å². The summed E-state index contributed by atoms with van der Waals surface area (Å²) in [4.78, 5) is 1.42. The van der Waals surface area contributed by atoms with Crippen molar-refractivity contribution in [3.05, 3.63) is 84.4 Å². The van der Waals surface area contributed by atoms with E-state index in [4.69, 9.17) is 0 Å². The number of hydrogen-bond acceptors (Lipinski definition) is 5. The van der Waals surface area contributed by atoms with Crippen molar-refractivity contribution in [1.82, 2.24) is 14.5 Å². The summed E-state index contributed by atoms with van der Waals surface area (Å²) in [6, 6.07) is 20.4. The highest BCUT2D eigenvalue weighted by Gasteiger charge is 2.31. The third-order valence-electron chi connectivity index (χ3n) is 5.79. The summed E-state index contributed by atoms with van der Waals surface area (Å²) < 4.78 is 54.0. The Morgan fingerprint density at radius 1 is 0.788 bits per heavy atom. The van der Waals surface area contributed by atoms with E-state index < -0.39 is 26.6 Å². The van der Waals surface area contributed by atoms with Crippen molar-refractivity contribution in [2.24, 2.45) is 0 Å². The van der Waals surface area contributed by atoms with Gasteiger partial charge >= 0.3 is 0 Å². The molecule has 1 aliphatic rings. The maximum absolute atomic E-state index is 14.0. The van der Waals surface area contributed by atoms with Crippen LogP contribution in [0, 0.1) is 11.6 Å². The van der Waals surface area contributed by atoms with Crippen LogP contribution in [0.15, 0.2) is 77.7 Å². The molecule has 1 aliphatic heterocycles. The molecule has 1 saturated heterocycles. The van der Waals surface area contributed by atoms with Crippen molar-refractivity contribution in [3.63, 3.8) is 0 Å². The molecule has 0 atom stereocenters. The number of piperazine rings is 1. The van der Waals surface area contributed by atoms with Gasteiger partial charge in [0.15, 0.2) is 5.82 Å². The van der Waals surface area contributed by atoms with Gasteiger partial charge in [-0.25, -0.2) is 17.2 Å². The molecule has 0 radical (unpaired) electrons. The highest BCUT2D eigenvalue weighted by molar-refractivity contribution is 7.89. The van der Waals surface area contributed by atoms with Crippen molar-refractivity contribution >= 4 is 26.6 Å². The van der Waals surface area contributed by atoms with Crippen molar-refractivity contribution < 1.29 is 17.2 Å². The van der Waals surface area contributed by atoms with Gasteiger partial charge in [-0.3, -0.25) is 0 Å². The van der Waals surface area contributed by atoms with Crippen molar-refractivity contribution in [2.45, 2.75) is 4.90 Å². The van der Waals surface area contributed by atoms with Gasteiger partial charge in [-0.2, -0.15) is 4.31 Å². The summed E-state index contributed by atoms with van der Waals surface area (Å²) in [5.41, 5.74) is 1.74. The van der Waals surface area contributed by atoms with E-state index in [1.165, 1.54) is 4.31 Å². The zero-order valence-corrected chi connectivity index (χ0v) is 18.3. The fourth-order valence-electron chi connectivity index (χ4n) is 4.07. The maximum Gasteiger partial charge on any atom is 0.246 e. The standard InChI is InChI=1S/C24H20F2N4O2S/c25-18-8-10-23(21(26)16-18)33(31,32)30-14-12-29(13-15-30)24-11-9-22(27-28-24)20-7-3-5-17-4-1-2-6-19(17)20/h1-11,16H,12-15H2. The Morgan fingerprint density at radius 3 is 2.27 bits per heavy atom. The lowest BCUT2D eigenvalue weighted by molar-refractivity contribution is 0.381. The molecule has 168 valence electrons. The van der Waals surface area contributed by atoms with E-state index in [1.54, 1.807) is 0 Å². The van der Waals surface area contributed by atoms with Crippen LogP contribution in [0.2, 0.25) is 0 Å². The predicted molar refractivity (Wildman–Crippen MR) is 122 cm³/mol. The van der Waals surface area contributed by atoms with E-state index >= 15 is 0 Å². The number of rotatable bonds is 4. The van der Waals surface area contributed by atoms with Crippen LogP contribution in [-0.4, -0.2) is 49.1 Å². The van der Waals surface area contributed by atoms with Crippen LogP contribution in [0.1, 0.15) is 0 Å². The van der Waals surface area contributed by atoms with Crippen molar-refractivity contribution in [1.29, 1.82) is 0 Å². The molecule has 0 N–H and O–H groups in total. The van der Waals surface area contributed by atoms with Gasteiger partial charge in [0, 0.05) is 37.8 Å². The molecule has 0 spiro atoms. The summed E-state index contributed by atoms with van der Waals surface area (Å²) in [6.07, 6.45) is 0. The van der Waals surface area contributed by atoms with Gasteiger partial charge in [0.2, 0.25) is 10.0 Å². The molecule has 0 aliphatic carbocycles. The van der Waals surface area contributed by atoms with E-state index in [9.17, 15) is 17.2 Å². The minimum absolute atomic E-state index is 0.159. The summed E-state index contributed by atoms with van der Waals surface area (Å²) in [6.45, 7) is 1.08. The van der Waals surface area contributed by atoms with Crippen molar-refractivity contribution in [2.75, 3.05) is 31.1 Å². The minimum Gasteiger partial charge on any atom is -0.352 e. The summed E-state index contributed by atoms with van der Waals surface area (Å²) in [5, 5.41) is 11.0. The zero-order chi connectivity index (χ0) is 23.0. The maximum atomic E-state index is 14.0. The monoisotopic (exact) mass is 466 g/mol. The van der Waals surface area contributed by atoms with Gasteiger partial charge in [0.05, 0.1) is 5.69 Å². The molecule has 1 fully saturated rings. The van der Waals surface area contributed by atoms with E-state index in [0.717, 1.165) is 34.2 Å². The van der Waals surface area contributed by atoms with Gasteiger partial charge < -0.3 is 4.90 Å². The fraction of sp³-hybridized carbons (Fsp3) is 0.167. The molecular weight excluding hydrogens is 446 g/mol. The number of anilines is 1. The molecule has 0 bridgehead atoms. The zero-order valence-electron chi connectivity index (χ0n) is 17.5. The Labute approximate surface area is 190 Å². The second-order valence-electron chi connectivity index (χ2n) is 7.77. The second kappa shape index (κ2) is 8.49. The third-order valence-corrected chi connectivity index (χ3v) is 7.72. The van der Waals surface area contributed by atoms with Crippen LogP contribution in [0.4, 0.5) is 14.6 Å². The Morgan fingerprint density at radius 2 is 1.55 bits per heavy atom. The number of halogens is 2. The minimum atomic E-state index is -4.05. The van der Waals surface area contributed by atoms with Crippen LogP contribution in [-0.2, 0) is 10.0 Å². The summed E-state index contributed by atoms with van der Waals surface area (Å²) in [7, 11) is -4.05. The molecule has 9 heteroatoms. The van der Waals surface area contributed by atoms with Crippen molar-refractivity contribution in [3.8, 4) is 11.3 Å². The first-order valence-electron chi connectivity index (χ1n) is 10.5. The Hall–Kier alpha value is -3.43. The van der Waals surface area contributed by atoms with Crippen LogP contribution < -0.4 is 4.90 Å². The van der Waals surface area contributed by atoms with Gasteiger partial charge in [-0.05, 0) is 35.0 Å². The highest BCUT2D eigenvalue weighted by Crippen LogP contribution is 2.28. The summed E-state index contributed by atoms with van der Waals surface area (Å²) in [5.74, 6) is -1.27. The Kier molecular flexibility index (Phi) is 5.51. The Bertz CT molecular complexity index is 1420. The lowest BCUT2D eigenvalue weighted by Gasteiger charge is -2.34. The fourth-order valence-corrected chi connectivity index (χ4v) is 5.53. The molecule has 0 saturated carbocycles. The lowest BCUT2D eigenvalue weighted by Crippen LogP contribution is -2.49. The highest BCUT2D eigenvalue weighted by atomic mass is 32.2. The molecule has 4 aromatic rings. The number of nitrogens with zero attached hydrogens (tertiary/aromatic N) is 4. The summed E-state index contributed by atoms with van der Waals surface area (Å²) >= 11 is 0. The molecule has 2 heterocycles. The molecule has 0 unspecified atom stereocenters. The van der Waals surface area contributed by atoms with E-state index in [2.05, 4.69) is 10.2 Å². The first-order chi connectivity index (χ1) is 15.9. The number of fused-ring (bicyclic) bond motifs is 1. The van der Waals surface area contributed by atoms with Gasteiger partial charge in [0.25, 0.3) is 0 Å². The largest absolute Gasteiger partial charge is 0.352 e. The van der Waals surface area contributed by atoms with Gasteiger partial charge in [-0.15, -0.1) is 10.2 Å². The van der Waals surface area contributed by atoms with E-state index in [1.807, 2.05) is 59.5 Å². The molecular formula is C24H20F2N4O2S. The average molecular weight is 467 g/mol. The van der Waals surface area contributed by atoms with E-state index in [-0.39, 0.29) is 13.1 Å². The lowest BCUT2D eigenvalue weighted by atomic mass is 10.0. The van der Waals surface area contributed by atoms with Gasteiger partial charge in [0.1, 0.15) is 16.5 Å². The quantitative estimate of drug-likeness (QED) is 0.453. The SMILES string of the molecule is O=S(=O)(c1ccc(F)cc1F)N1CCN(c2ccc(-c3cccc4ccccc34)nn2)CC1. The number of benzene rings is 3. The first kappa shape index (κ1) is 21.4. The molecule has 3 aromatic carbocycles. The Balaban J connectivity index is 1.31. The molecule has 33 heavy (non-hydrogen) atoms. The molecule has 1 aromatic heterocycles. The second-order valence-corrected chi connectivity index (χ2v) is 9.68. The smallest absolute Gasteiger partial charge is 0.246 e.